The van der Waals surface area contributed by atoms with Gasteiger partial charge < -0.3 is 9.47 Å². The van der Waals surface area contributed by atoms with Crippen molar-refractivity contribution >= 4 is 46.7 Å². The summed E-state index contributed by atoms with van der Waals surface area (Å²) in [4.78, 5) is 23.4. The second-order valence-electron chi connectivity index (χ2n) is 4.86. The molecule has 24 heavy (non-hydrogen) atoms. The van der Waals surface area contributed by atoms with Crippen LogP contribution in [0.15, 0.2) is 42.5 Å². The zero-order chi connectivity index (χ0) is 17.5. The maximum absolute atomic E-state index is 11.7. The van der Waals surface area contributed by atoms with Gasteiger partial charge in [0.05, 0.1) is 0 Å². The summed E-state index contributed by atoms with van der Waals surface area (Å²) in [6, 6.07) is 11.0. The van der Waals surface area contributed by atoms with Crippen LogP contribution in [0, 0.1) is 0 Å². The second-order valence-corrected chi connectivity index (χ2v) is 6.17. The van der Waals surface area contributed by atoms with Crippen molar-refractivity contribution in [2.24, 2.45) is 0 Å². The maximum Gasteiger partial charge on any atom is 0.311 e. The van der Waals surface area contributed by atoms with Crippen molar-refractivity contribution < 1.29 is 19.1 Å². The highest BCUT2D eigenvalue weighted by Gasteiger charge is 2.10. The predicted octanol–water partition coefficient (Wildman–Crippen LogP) is 5.33. The fourth-order valence-corrected chi connectivity index (χ4v) is 2.55. The van der Waals surface area contributed by atoms with E-state index >= 15 is 0 Å². The van der Waals surface area contributed by atoms with Crippen molar-refractivity contribution in [3.8, 4) is 11.5 Å². The zero-order valence-corrected chi connectivity index (χ0v) is 14.7. The first kappa shape index (κ1) is 18.6. The minimum Gasteiger partial charge on any atom is -0.426 e. The van der Waals surface area contributed by atoms with Crippen LogP contribution in [0.5, 0.6) is 11.5 Å². The van der Waals surface area contributed by atoms with E-state index in [1.54, 1.807) is 18.2 Å². The monoisotopic (exact) mass is 386 g/mol. The molecule has 2 rings (SSSR count). The lowest BCUT2D eigenvalue weighted by molar-refractivity contribution is -0.136. The Kier molecular flexibility index (Phi) is 6.91. The highest BCUT2D eigenvalue weighted by molar-refractivity contribution is 6.34. The molecular weight excluding hydrogens is 375 g/mol. The number of ether oxygens (including phenoxy) is 2. The van der Waals surface area contributed by atoms with Crippen molar-refractivity contribution in [3.05, 3.63) is 57.5 Å². The normalized spacial score (nSPS) is 10.3. The van der Waals surface area contributed by atoms with Crippen LogP contribution in [-0.4, -0.2) is 11.9 Å². The van der Waals surface area contributed by atoms with E-state index in [0.717, 1.165) is 0 Å². The number of benzene rings is 2. The van der Waals surface area contributed by atoms with Gasteiger partial charge in [-0.05, 0) is 42.8 Å². The molecule has 2 aromatic carbocycles. The molecule has 0 N–H and O–H groups in total. The van der Waals surface area contributed by atoms with Crippen molar-refractivity contribution in [2.75, 3.05) is 0 Å². The molecule has 0 atom stereocenters. The molecule has 0 aliphatic heterocycles. The Hall–Kier alpha value is -1.75. The van der Waals surface area contributed by atoms with E-state index in [1.807, 2.05) is 0 Å². The lowest BCUT2D eigenvalue weighted by Crippen LogP contribution is -2.11. The highest BCUT2D eigenvalue weighted by Crippen LogP contribution is 2.24. The number of hydrogen-bond acceptors (Lipinski definition) is 4. The molecule has 7 heteroatoms. The summed E-state index contributed by atoms with van der Waals surface area (Å²) in [7, 11) is 0. The molecule has 0 saturated heterocycles. The van der Waals surface area contributed by atoms with Crippen LogP contribution in [0.3, 0.4) is 0 Å². The number of hydrogen-bond donors (Lipinski definition) is 0. The maximum atomic E-state index is 11.7. The Morgan fingerprint density at radius 3 is 1.88 bits per heavy atom. The summed E-state index contributed by atoms with van der Waals surface area (Å²) in [6.45, 7) is 0. The molecule has 0 amide bonds. The molecule has 0 aromatic heterocycles. The molecule has 0 bridgehead atoms. The summed E-state index contributed by atoms with van der Waals surface area (Å²) >= 11 is 17.4. The first-order chi connectivity index (χ1) is 11.4. The largest absolute Gasteiger partial charge is 0.426 e. The molecule has 0 aliphatic carbocycles. The van der Waals surface area contributed by atoms with Crippen LogP contribution < -0.4 is 9.47 Å². The zero-order valence-electron chi connectivity index (χ0n) is 12.4. The van der Waals surface area contributed by atoms with Crippen LogP contribution in [0.25, 0.3) is 0 Å². The van der Waals surface area contributed by atoms with Crippen LogP contribution in [0.2, 0.25) is 15.1 Å². The third-order valence-electron chi connectivity index (χ3n) is 2.86. The molecule has 0 unspecified atom stereocenters. The van der Waals surface area contributed by atoms with Crippen LogP contribution in [-0.2, 0) is 9.59 Å². The van der Waals surface area contributed by atoms with Crippen LogP contribution in [0.1, 0.15) is 19.3 Å². The van der Waals surface area contributed by atoms with Gasteiger partial charge in [-0.2, -0.15) is 0 Å². The fraction of sp³-hybridized carbons (Fsp3) is 0.176. The van der Waals surface area contributed by atoms with Gasteiger partial charge >= 0.3 is 11.9 Å². The Labute approximate surface area is 154 Å². The van der Waals surface area contributed by atoms with Gasteiger partial charge in [-0.25, -0.2) is 0 Å². The van der Waals surface area contributed by atoms with Gasteiger partial charge in [0.25, 0.3) is 0 Å². The van der Waals surface area contributed by atoms with E-state index in [1.165, 1.54) is 24.3 Å². The lowest BCUT2D eigenvalue weighted by atomic mass is 10.2. The molecule has 0 spiro atoms. The summed E-state index contributed by atoms with van der Waals surface area (Å²) in [5, 5.41) is 1.22. The van der Waals surface area contributed by atoms with E-state index < -0.39 is 11.9 Å². The van der Waals surface area contributed by atoms with Gasteiger partial charge in [0.2, 0.25) is 0 Å². The van der Waals surface area contributed by atoms with Gasteiger partial charge in [-0.15, -0.1) is 0 Å². The van der Waals surface area contributed by atoms with Crippen molar-refractivity contribution in [1.82, 2.24) is 0 Å². The number of carbonyl (C=O) groups excluding carboxylic acids is 2. The van der Waals surface area contributed by atoms with Crippen LogP contribution >= 0.6 is 34.8 Å². The molecule has 2 aromatic rings. The molecule has 0 saturated carbocycles. The third kappa shape index (κ3) is 6.40. The van der Waals surface area contributed by atoms with E-state index in [-0.39, 0.29) is 18.6 Å². The average molecular weight is 388 g/mol. The lowest BCUT2D eigenvalue weighted by Gasteiger charge is -2.06. The van der Waals surface area contributed by atoms with Gasteiger partial charge in [0.15, 0.2) is 0 Å². The molecule has 0 heterocycles. The van der Waals surface area contributed by atoms with E-state index in [9.17, 15) is 9.59 Å². The minimum atomic E-state index is -0.483. The number of halogens is 3. The summed E-state index contributed by atoms with van der Waals surface area (Å²) in [5.74, 6) is -0.303. The first-order valence-electron chi connectivity index (χ1n) is 7.05. The highest BCUT2D eigenvalue weighted by atomic mass is 35.5. The van der Waals surface area contributed by atoms with Gasteiger partial charge in [0, 0.05) is 27.9 Å². The summed E-state index contributed by atoms with van der Waals surface area (Å²) in [5.41, 5.74) is 0. The summed E-state index contributed by atoms with van der Waals surface area (Å²) in [6.07, 6.45) is 0.444. The number of carbonyl (C=O) groups is 2. The predicted molar refractivity (Wildman–Crippen MR) is 93.0 cm³/mol. The van der Waals surface area contributed by atoms with E-state index in [2.05, 4.69) is 0 Å². The van der Waals surface area contributed by atoms with Crippen molar-refractivity contribution in [1.29, 1.82) is 0 Å². The third-order valence-corrected chi connectivity index (χ3v) is 3.53. The van der Waals surface area contributed by atoms with E-state index in [4.69, 9.17) is 44.3 Å². The quantitative estimate of drug-likeness (QED) is 0.497. The molecule has 0 aliphatic rings. The Bertz CT molecular complexity index is 726. The average Bonchev–Trinajstić information content (AvgIpc) is 2.45. The minimum absolute atomic E-state index is 0.0643. The van der Waals surface area contributed by atoms with Gasteiger partial charge in [-0.3, -0.25) is 9.59 Å². The van der Waals surface area contributed by atoms with Gasteiger partial charge in [0.1, 0.15) is 11.5 Å². The molecule has 4 nitrogen and oxygen atoms in total. The first-order valence-corrected chi connectivity index (χ1v) is 8.19. The van der Waals surface area contributed by atoms with Crippen LogP contribution in [0.4, 0.5) is 0 Å². The molecule has 0 radical (unpaired) electrons. The van der Waals surface area contributed by atoms with Crippen molar-refractivity contribution in [3.63, 3.8) is 0 Å². The van der Waals surface area contributed by atoms with Gasteiger partial charge in [-0.1, -0.05) is 40.9 Å². The summed E-state index contributed by atoms with van der Waals surface area (Å²) < 4.78 is 10.2. The van der Waals surface area contributed by atoms with Crippen molar-refractivity contribution in [2.45, 2.75) is 19.3 Å². The number of rotatable bonds is 6. The Balaban J connectivity index is 1.75. The molecular formula is C17H13Cl3O4. The SMILES string of the molecule is O=C(CCCC(=O)Oc1cc(Cl)cc(Cl)c1)Oc1cccc(Cl)c1. The Morgan fingerprint density at radius 2 is 1.29 bits per heavy atom. The fourth-order valence-electron chi connectivity index (χ4n) is 1.86. The number of esters is 2. The smallest absolute Gasteiger partial charge is 0.311 e. The topological polar surface area (TPSA) is 52.6 Å². The standard InChI is InChI=1S/C17H13Cl3O4/c18-11-3-1-4-14(8-11)23-16(21)5-2-6-17(22)24-15-9-12(19)7-13(20)10-15/h1,3-4,7-10H,2,5-6H2. The second kappa shape index (κ2) is 8.92. The Morgan fingerprint density at radius 1 is 0.750 bits per heavy atom. The molecule has 0 fully saturated rings. The van der Waals surface area contributed by atoms with E-state index in [0.29, 0.717) is 27.2 Å². The molecule has 126 valence electrons.